The summed E-state index contributed by atoms with van der Waals surface area (Å²) >= 11 is 4.44. The maximum absolute atomic E-state index is 13.3. The van der Waals surface area contributed by atoms with Crippen LogP contribution in [-0.2, 0) is 27.2 Å². The van der Waals surface area contributed by atoms with Crippen molar-refractivity contribution in [2.75, 3.05) is 20.1 Å². The van der Waals surface area contributed by atoms with Gasteiger partial charge in [-0.2, -0.15) is 12.6 Å². The Hall–Kier alpha value is -4.44. The lowest BCUT2D eigenvalue weighted by Gasteiger charge is -2.37. The Morgan fingerprint density at radius 2 is 1.37 bits per heavy atom. The molecule has 2 heterocycles. The van der Waals surface area contributed by atoms with Crippen LogP contribution in [0.1, 0.15) is 84.7 Å². The summed E-state index contributed by atoms with van der Waals surface area (Å²) in [5.41, 5.74) is 3.19. The summed E-state index contributed by atoms with van der Waals surface area (Å²) in [5, 5.41) is 4.84. The number of nitrogens with one attached hydrogen (secondary N) is 2. The highest BCUT2D eigenvalue weighted by molar-refractivity contribution is 7.81. The number of amides is 5. The van der Waals surface area contributed by atoms with Crippen LogP contribution in [0.15, 0.2) is 84.9 Å². The number of carbonyl (C=O) groups excluding carboxylic acids is 5. The van der Waals surface area contributed by atoms with Gasteiger partial charge in [0.2, 0.25) is 17.7 Å². The smallest absolute Gasteiger partial charge is 0.261 e. The van der Waals surface area contributed by atoms with Gasteiger partial charge in [-0.25, -0.2) is 0 Å². The highest BCUT2D eigenvalue weighted by Crippen LogP contribution is 2.23. The normalized spacial score (nSPS) is 16.3. The molecule has 5 amide bonds. The Morgan fingerprint density at radius 1 is 0.816 bits per heavy atom. The topological polar surface area (TPSA) is 116 Å². The fourth-order valence-corrected chi connectivity index (χ4v) is 6.11. The molecule has 1 saturated heterocycles. The number of hydrogen-bond donors (Lipinski definition) is 3. The molecule has 9 nitrogen and oxygen atoms in total. The maximum atomic E-state index is 13.3. The van der Waals surface area contributed by atoms with Gasteiger partial charge in [-0.05, 0) is 55.4 Å². The lowest BCUT2D eigenvalue weighted by Crippen LogP contribution is -2.59. The number of thiol groups is 1. The predicted octanol–water partition coefficient (Wildman–Crippen LogP) is 5.49. The molecule has 262 valence electrons. The van der Waals surface area contributed by atoms with Gasteiger partial charge in [0.05, 0.1) is 16.4 Å². The first kappa shape index (κ1) is 39.0. The van der Waals surface area contributed by atoms with Crippen molar-refractivity contribution in [2.45, 2.75) is 83.1 Å². The van der Waals surface area contributed by atoms with E-state index in [-0.39, 0.29) is 36.1 Å². The zero-order valence-electron chi connectivity index (χ0n) is 29.1. The highest BCUT2D eigenvalue weighted by Gasteiger charge is 2.38. The van der Waals surface area contributed by atoms with Gasteiger partial charge in [-0.1, -0.05) is 100.0 Å². The highest BCUT2D eigenvalue weighted by atomic mass is 32.1. The van der Waals surface area contributed by atoms with Crippen molar-refractivity contribution in [1.82, 2.24) is 20.4 Å². The minimum Gasteiger partial charge on any atom is -0.357 e. The van der Waals surface area contributed by atoms with Gasteiger partial charge in [-0.3, -0.25) is 28.9 Å². The number of imide groups is 1. The average molecular weight is 687 g/mol. The van der Waals surface area contributed by atoms with Gasteiger partial charge in [0.25, 0.3) is 11.8 Å². The summed E-state index contributed by atoms with van der Waals surface area (Å²) in [4.78, 5) is 66.7. The number of rotatable bonds is 12. The predicted molar refractivity (Wildman–Crippen MR) is 196 cm³/mol. The molecule has 5 rings (SSSR count). The molecule has 0 aliphatic carbocycles. The van der Waals surface area contributed by atoms with Crippen LogP contribution < -0.4 is 10.6 Å². The van der Waals surface area contributed by atoms with E-state index >= 15 is 0 Å². The third kappa shape index (κ3) is 10.8. The summed E-state index contributed by atoms with van der Waals surface area (Å²) in [7, 11) is 1.55. The summed E-state index contributed by atoms with van der Waals surface area (Å²) in [5.74, 6) is -1.45. The summed E-state index contributed by atoms with van der Waals surface area (Å²) in [6.45, 7) is 6.88. The number of piperidine rings is 1. The number of benzene rings is 3. The summed E-state index contributed by atoms with van der Waals surface area (Å²) in [6, 6.07) is 25.4. The Kier molecular flexibility index (Phi) is 16.0. The third-order valence-corrected chi connectivity index (χ3v) is 9.02. The van der Waals surface area contributed by atoms with Crippen molar-refractivity contribution in [3.05, 3.63) is 107 Å². The number of carbonyl (C=O) groups is 5. The van der Waals surface area contributed by atoms with Crippen molar-refractivity contribution in [2.24, 2.45) is 0 Å². The Morgan fingerprint density at radius 3 is 1.90 bits per heavy atom. The Bertz CT molecular complexity index is 1500. The second kappa shape index (κ2) is 20.2. The molecular weight excluding hydrogens is 637 g/mol. The lowest BCUT2D eigenvalue weighted by atomic mass is 9.98. The number of nitrogens with zero attached hydrogens (tertiary/aromatic N) is 2. The third-order valence-electron chi connectivity index (χ3n) is 8.53. The zero-order valence-corrected chi connectivity index (χ0v) is 30.0. The molecule has 0 radical (unpaired) electrons. The van der Waals surface area contributed by atoms with E-state index in [1.165, 1.54) is 10.5 Å². The van der Waals surface area contributed by atoms with Crippen LogP contribution in [0.4, 0.5) is 0 Å². The van der Waals surface area contributed by atoms with E-state index in [1.54, 1.807) is 36.2 Å². The van der Waals surface area contributed by atoms with E-state index in [0.717, 1.165) is 12.0 Å². The molecule has 0 saturated carbocycles. The van der Waals surface area contributed by atoms with Crippen molar-refractivity contribution in [1.29, 1.82) is 0 Å². The molecule has 0 bridgehead atoms. The number of likely N-dealkylation sites (N-methyl/N-ethyl adjacent to an activating group) is 1. The Labute approximate surface area is 296 Å². The summed E-state index contributed by atoms with van der Waals surface area (Å²) in [6.07, 6.45) is 4.23. The van der Waals surface area contributed by atoms with Crippen LogP contribution in [0, 0.1) is 0 Å². The first-order chi connectivity index (χ1) is 23.7. The lowest BCUT2D eigenvalue weighted by molar-refractivity contribution is -0.145. The SMILES string of the molecule is CC.CCc1ccccc1.CNC(=O)[C@H](Cc1ccccc1)N1CCCC(NC(=O)[C@@H](S)CCCCN2C(=O)c3ccccc3C2=O)C1=O. The molecule has 1 unspecified atom stereocenters. The van der Waals surface area contributed by atoms with Gasteiger partial charge >= 0.3 is 0 Å². The zero-order chi connectivity index (χ0) is 35.8. The second-order valence-corrected chi connectivity index (χ2v) is 12.3. The summed E-state index contributed by atoms with van der Waals surface area (Å²) < 4.78 is 0. The van der Waals surface area contributed by atoms with Crippen molar-refractivity contribution in [3.8, 4) is 0 Å². The maximum Gasteiger partial charge on any atom is 0.261 e. The minimum atomic E-state index is -0.720. The van der Waals surface area contributed by atoms with E-state index in [1.807, 2.05) is 50.2 Å². The standard InChI is InChI=1S/C29H34N4O5S.C8H10.C2H6/c1-30-25(34)23(18-19-10-3-2-4-11-19)32-17-9-14-22(29(32)38)31-26(35)24(39)15-7-8-16-33-27(36)20-12-5-6-13-21(20)28(33)37;1-2-8-6-4-3-5-7-8;1-2/h2-6,10-13,22-24,39H,7-9,14-18H2,1H3,(H,30,34)(H,31,35);3-7H,2H2,1H3;1-2H3/t22?,23-,24-;;/m0../s1. The van der Waals surface area contributed by atoms with Gasteiger partial charge in [-0.15, -0.1) is 0 Å². The quantitative estimate of drug-likeness (QED) is 0.132. The van der Waals surface area contributed by atoms with Crippen LogP contribution in [0.5, 0.6) is 0 Å². The fraction of sp³-hybridized carbons (Fsp3) is 0.410. The van der Waals surface area contributed by atoms with E-state index in [9.17, 15) is 24.0 Å². The Balaban J connectivity index is 0.000000563. The molecule has 10 heteroatoms. The number of likely N-dealkylation sites (tertiary alicyclic amines) is 1. The first-order valence-electron chi connectivity index (χ1n) is 17.3. The molecule has 3 aromatic carbocycles. The van der Waals surface area contributed by atoms with Crippen LogP contribution in [0.25, 0.3) is 0 Å². The largest absolute Gasteiger partial charge is 0.357 e. The number of fused-ring (bicyclic) bond motifs is 1. The molecule has 1 fully saturated rings. The van der Waals surface area contributed by atoms with E-state index in [4.69, 9.17) is 0 Å². The fourth-order valence-electron chi connectivity index (χ4n) is 5.85. The molecular formula is C39H50N4O5S. The first-order valence-corrected chi connectivity index (χ1v) is 17.8. The van der Waals surface area contributed by atoms with Gasteiger partial charge in [0.15, 0.2) is 0 Å². The van der Waals surface area contributed by atoms with Crippen LogP contribution in [0.3, 0.4) is 0 Å². The molecule has 3 aromatic rings. The van der Waals surface area contributed by atoms with Crippen molar-refractivity contribution < 1.29 is 24.0 Å². The van der Waals surface area contributed by atoms with E-state index < -0.39 is 17.3 Å². The van der Waals surface area contributed by atoms with Gasteiger partial charge in [0.1, 0.15) is 12.1 Å². The number of unbranched alkanes of at least 4 members (excludes halogenated alkanes) is 1. The molecule has 2 aliphatic heterocycles. The second-order valence-electron chi connectivity index (χ2n) is 11.7. The molecule has 2 N–H and O–H groups in total. The average Bonchev–Trinajstić information content (AvgIpc) is 3.39. The number of hydrogen-bond acceptors (Lipinski definition) is 6. The molecule has 3 atom stereocenters. The van der Waals surface area contributed by atoms with Crippen molar-refractivity contribution >= 4 is 42.2 Å². The molecule has 0 aromatic heterocycles. The van der Waals surface area contributed by atoms with E-state index in [0.29, 0.717) is 56.2 Å². The molecule has 0 spiro atoms. The molecule has 49 heavy (non-hydrogen) atoms. The van der Waals surface area contributed by atoms with Gasteiger partial charge in [0, 0.05) is 26.6 Å². The van der Waals surface area contributed by atoms with Crippen molar-refractivity contribution in [3.63, 3.8) is 0 Å². The molecule has 2 aliphatic rings. The van der Waals surface area contributed by atoms with Gasteiger partial charge < -0.3 is 15.5 Å². The monoisotopic (exact) mass is 686 g/mol. The minimum absolute atomic E-state index is 0.246. The van der Waals surface area contributed by atoms with Crippen LogP contribution in [-0.4, -0.2) is 76.8 Å². The van der Waals surface area contributed by atoms with Crippen LogP contribution in [0.2, 0.25) is 0 Å². The number of aryl methyl sites for hydroxylation is 1. The van der Waals surface area contributed by atoms with E-state index in [2.05, 4.69) is 54.5 Å². The van der Waals surface area contributed by atoms with Crippen LogP contribution >= 0.6 is 12.6 Å².